The summed E-state index contributed by atoms with van der Waals surface area (Å²) in [5.41, 5.74) is -0.140. The zero-order valence-corrected chi connectivity index (χ0v) is 5.52. The Kier molecular flexibility index (Phi) is 2.02. The van der Waals surface area contributed by atoms with Crippen LogP contribution >= 0.6 is 0 Å². The van der Waals surface area contributed by atoms with Crippen LogP contribution in [0, 0.1) is 5.41 Å². The summed E-state index contributed by atoms with van der Waals surface area (Å²) in [6.07, 6.45) is 0.132. The SMILES string of the molecule is CC(C)(C)CC(=O)[O-]. The Morgan fingerprint density at radius 2 is 1.88 bits per heavy atom. The third kappa shape index (κ3) is 5.47. The van der Waals surface area contributed by atoms with Crippen molar-refractivity contribution in [3.05, 3.63) is 0 Å². The standard InChI is InChI=1S/C6H12O2/c1-6(2,3)4-5(7)8/h4H2,1-3H3,(H,7,8)/p-1. The number of hydrogen-bond acceptors (Lipinski definition) is 2. The summed E-state index contributed by atoms with van der Waals surface area (Å²) in [6, 6.07) is 0. The van der Waals surface area contributed by atoms with Crippen molar-refractivity contribution in [2.75, 3.05) is 0 Å². The van der Waals surface area contributed by atoms with E-state index in [4.69, 9.17) is 0 Å². The summed E-state index contributed by atoms with van der Waals surface area (Å²) in [7, 11) is 0. The number of carbonyl (C=O) groups excluding carboxylic acids is 1. The van der Waals surface area contributed by atoms with Gasteiger partial charge < -0.3 is 9.90 Å². The van der Waals surface area contributed by atoms with Crippen LogP contribution in [-0.2, 0) is 4.79 Å². The molecule has 0 aromatic heterocycles. The number of carboxylic acids is 1. The smallest absolute Gasteiger partial charge is 0.0419 e. The molecule has 8 heavy (non-hydrogen) atoms. The van der Waals surface area contributed by atoms with Crippen LogP contribution in [0.4, 0.5) is 0 Å². The number of hydrogen-bond donors (Lipinski definition) is 0. The Morgan fingerprint density at radius 1 is 1.50 bits per heavy atom. The Morgan fingerprint density at radius 3 is 1.88 bits per heavy atom. The molecule has 0 unspecified atom stereocenters. The minimum atomic E-state index is -0.975. The average Bonchev–Trinajstić information content (AvgIpc) is 1.21. The molecule has 2 nitrogen and oxygen atoms in total. The lowest BCUT2D eigenvalue weighted by molar-refractivity contribution is -0.307. The molecule has 0 amide bonds. The fraction of sp³-hybridized carbons (Fsp3) is 0.833. The normalized spacial score (nSPS) is 11.4. The van der Waals surface area contributed by atoms with Crippen LogP contribution in [0.15, 0.2) is 0 Å². The van der Waals surface area contributed by atoms with Gasteiger partial charge in [0.1, 0.15) is 0 Å². The maximum absolute atomic E-state index is 9.90. The first-order valence-electron chi connectivity index (χ1n) is 2.62. The molecule has 0 aromatic carbocycles. The van der Waals surface area contributed by atoms with Crippen molar-refractivity contribution in [2.45, 2.75) is 27.2 Å². The van der Waals surface area contributed by atoms with Gasteiger partial charge in [0, 0.05) is 5.97 Å². The fourth-order valence-corrected chi connectivity index (χ4v) is 0.433. The molecule has 0 spiro atoms. The maximum atomic E-state index is 9.90. The third-order valence-electron chi connectivity index (χ3n) is 0.675. The fourth-order valence-electron chi connectivity index (χ4n) is 0.433. The van der Waals surface area contributed by atoms with Crippen molar-refractivity contribution in [3.63, 3.8) is 0 Å². The van der Waals surface area contributed by atoms with Crippen LogP contribution in [0.5, 0.6) is 0 Å². The Balaban J connectivity index is 3.55. The van der Waals surface area contributed by atoms with Crippen molar-refractivity contribution >= 4 is 5.97 Å². The molecule has 0 bridgehead atoms. The van der Waals surface area contributed by atoms with E-state index in [1.807, 2.05) is 20.8 Å². The first-order chi connectivity index (χ1) is 3.42. The largest absolute Gasteiger partial charge is 0.550 e. The molecule has 0 N–H and O–H groups in total. The molecule has 2 heteroatoms. The van der Waals surface area contributed by atoms with E-state index < -0.39 is 5.97 Å². The lowest BCUT2D eigenvalue weighted by Crippen LogP contribution is -2.27. The third-order valence-corrected chi connectivity index (χ3v) is 0.675. The van der Waals surface area contributed by atoms with Gasteiger partial charge in [-0.25, -0.2) is 0 Å². The molecule has 0 aliphatic rings. The first kappa shape index (κ1) is 7.47. The van der Waals surface area contributed by atoms with Gasteiger partial charge in [-0.1, -0.05) is 20.8 Å². The predicted octanol–water partition coefficient (Wildman–Crippen LogP) is 0.172. The van der Waals surface area contributed by atoms with E-state index in [0.717, 1.165) is 0 Å². The summed E-state index contributed by atoms with van der Waals surface area (Å²) < 4.78 is 0. The van der Waals surface area contributed by atoms with Crippen molar-refractivity contribution in [1.82, 2.24) is 0 Å². The van der Waals surface area contributed by atoms with Gasteiger partial charge in [0.2, 0.25) is 0 Å². The molecule has 0 aliphatic heterocycles. The van der Waals surface area contributed by atoms with E-state index in [1.54, 1.807) is 0 Å². The van der Waals surface area contributed by atoms with Gasteiger partial charge in [0.25, 0.3) is 0 Å². The molecule has 0 atom stereocenters. The highest BCUT2D eigenvalue weighted by Gasteiger charge is 2.08. The summed E-state index contributed by atoms with van der Waals surface area (Å²) >= 11 is 0. The molecule has 0 saturated heterocycles. The average molecular weight is 115 g/mol. The molecule has 0 heterocycles. The minimum absolute atomic E-state index is 0.132. The van der Waals surface area contributed by atoms with Crippen molar-refractivity contribution in [1.29, 1.82) is 0 Å². The molecule has 0 aromatic rings. The second-order valence-electron chi connectivity index (χ2n) is 3.11. The van der Waals surface area contributed by atoms with Crippen LogP contribution in [0.2, 0.25) is 0 Å². The second kappa shape index (κ2) is 2.16. The van der Waals surface area contributed by atoms with Crippen molar-refractivity contribution < 1.29 is 9.90 Å². The molecule has 0 aliphatic carbocycles. The second-order valence-corrected chi connectivity index (χ2v) is 3.11. The summed E-state index contributed by atoms with van der Waals surface area (Å²) in [5.74, 6) is -0.975. The maximum Gasteiger partial charge on any atom is 0.0419 e. The van der Waals surface area contributed by atoms with Gasteiger partial charge in [-0.05, 0) is 11.8 Å². The zero-order valence-electron chi connectivity index (χ0n) is 5.52. The molecule has 48 valence electrons. The van der Waals surface area contributed by atoms with E-state index in [9.17, 15) is 9.90 Å². The number of aliphatic carboxylic acids is 1. The van der Waals surface area contributed by atoms with E-state index in [0.29, 0.717) is 0 Å². The summed E-state index contributed by atoms with van der Waals surface area (Å²) in [5, 5.41) is 9.90. The number of carboxylic acid groups (broad SMARTS) is 1. The summed E-state index contributed by atoms with van der Waals surface area (Å²) in [4.78, 5) is 9.90. The zero-order chi connectivity index (χ0) is 6.78. The van der Waals surface area contributed by atoms with Gasteiger partial charge >= 0.3 is 0 Å². The van der Waals surface area contributed by atoms with Crippen molar-refractivity contribution in [2.24, 2.45) is 5.41 Å². The van der Waals surface area contributed by atoms with E-state index in [1.165, 1.54) is 0 Å². The lowest BCUT2D eigenvalue weighted by Gasteiger charge is -2.17. The Bertz CT molecular complexity index is 89.2. The quantitative estimate of drug-likeness (QED) is 0.489. The van der Waals surface area contributed by atoms with Crippen LogP contribution in [0.25, 0.3) is 0 Å². The van der Waals surface area contributed by atoms with Crippen LogP contribution in [0.3, 0.4) is 0 Å². The molecular formula is C6H11O2-. The number of rotatable bonds is 1. The van der Waals surface area contributed by atoms with Gasteiger partial charge in [-0.15, -0.1) is 0 Å². The molecule has 0 fully saturated rings. The van der Waals surface area contributed by atoms with Gasteiger partial charge in [0.15, 0.2) is 0 Å². The van der Waals surface area contributed by atoms with E-state index >= 15 is 0 Å². The predicted molar refractivity (Wildman–Crippen MR) is 29.1 cm³/mol. The topological polar surface area (TPSA) is 40.1 Å². The molecule has 0 saturated carbocycles. The van der Waals surface area contributed by atoms with Gasteiger partial charge in [-0.3, -0.25) is 0 Å². The lowest BCUT2D eigenvalue weighted by atomic mass is 9.93. The monoisotopic (exact) mass is 115 g/mol. The molecule has 0 rings (SSSR count). The summed E-state index contributed by atoms with van der Waals surface area (Å²) in [6.45, 7) is 5.59. The number of carbonyl (C=O) groups is 1. The molecular weight excluding hydrogens is 104 g/mol. The first-order valence-corrected chi connectivity index (χ1v) is 2.62. The van der Waals surface area contributed by atoms with Gasteiger partial charge in [-0.2, -0.15) is 0 Å². The van der Waals surface area contributed by atoms with Crippen molar-refractivity contribution in [3.8, 4) is 0 Å². The minimum Gasteiger partial charge on any atom is -0.550 e. The molecule has 0 radical (unpaired) electrons. The Hall–Kier alpha value is -0.530. The van der Waals surface area contributed by atoms with Crippen LogP contribution < -0.4 is 5.11 Å². The van der Waals surface area contributed by atoms with E-state index in [-0.39, 0.29) is 11.8 Å². The van der Waals surface area contributed by atoms with Crippen LogP contribution in [0.1, 0.15) is 27.2 Å². The van der Waals surface area contributed by atoms with Crippen LogP contribution in [-0.4, -0.2) is 5.97 Å². The highest BCUT2D eigenvalue weighted by molar-refractivity contribution is 5.64. The highest BCUT2D eigenvalue weighted by Crippen LogP contribution is 2.16. The van der Waals surface area contributed by atoms with E-state index in [2.05, 4.69) is 0 Å². The highest BCUT2D eigenvalue weighted by atomic mass is 16.4. The van der Waals surface area contributed by atoms with Gasteiger partial charge in [0.05, 0.1) is 0 Å². The Labute approximate surface area is 49.5 Å².